The average molecular weight is 294 g/mol. The molecule has 1 aromatic heterocycles. The molecule has 0 fully saturated rings. The van der Waals surface area contributed by atoms with Crippen LogP contribution in [0.2, 0.25) is 0 Å². The molecule has 1 N–H and O–H groups in total. The van der Waals surface area contributed by atoms with Gasteiger partial charge in [-0.1, -0.05) is 27.2 Å². The Morgan fingerprint density at radius 2 is 1.95 bits per heavy atom. The molecule has 0 aliphatic carbocycles. The SMILES string of the molecule is CCCc1cc(CNC(C)C)cc(OC(C)COCC)n1. The highest BCUT2D eigenvalue weighted by molar-refractivity contribution is 5.25. The van der Waals surface area contributed by atoms with Crippen molar-refractivity contribution >= 4 is 0 Å². The molecule has 0 bridgehead atoms. The van der Waals surface area contributed by atoms with Crippen LogP contribution in [0.15, 0.2) is 12.1 Å². The molecule has 1 rings (SSSR count). The topological polar surface area (TPSA) is 43.4 Å². The van der Waals surface area contributed by atoms with Gasteiger partial charge in [-0.15, -0.1) is 0 Å². The van der Waals surface area contributed by atoms with E-state index in [1.165, 1.54) is 5.56 Å². The summed E-state index contributed by atoms with van der Waals surface area (Å²) in [4.78, 5) is 4.59. The zero-order valence-electron chi connectivity index (χ0n) is 14.1. The van der Waals surface area contributed by atoms with Crippen molar-refractivity contribution in [3.05, 3.63) is 23.4 Å². The summed E-state index contributed by atoms with van der Waals surface area (Å²) in [7, 11) is 0. The number of hydrogen-bond donors (Lipinski definition) is 1. The van der Waals surface area contributed by atoms with Crippen LogP contribution in [0, 0.1) is 0 Å². The van der Waals surface area contributed by atoms with E-state index in [2.05, 4.69) is 37.1 Å². The van der Waals surface area contributed by atoms with Gasteiger partial charge in [0.25, 0.3) is 0 Å². The fraction of sp³-hybridized carbons (Fsp3) is 0.706. The summed E-state index contributed by atoms with van der Waals surface area (Å²) in [6.07, 6.45) is 2.08. The fourth-order valence-electron chi connectivity index (χ4n) is 2.01. The van der Waals surface area contributed by atoms with E-state index in [-0.39, 0.29) is 6.10 Å². The minimum Gasteiger partial charge on any atom is -0.472 e. The predicted octanol–water partition coefficient (Wildman–Crippen LogP) is 3.34. The summed E-state index contributed by atoms with van der Waals surface area (Å²) < 4.78 is 11.3. The molecule has 0 saturated heterocycles. The lowest BCUT2D eigenvalue weighted by molar-refractivity contribution is 0.0632. The minimum atomic E-state index is 0.0141. The molecule has 1 atom stereocenters. The first kappa shape index (κ1) is 17.9. The number of hydrogen-bond acceptors (Lipinski definition) is 4. The van der Waals surface area contributed by atoms with Crippen LogP contribution in [0.1, 0.15) is 52.3 Å². The van der Waals surface area contributed by atoms with Crippen molar-refractivity contribution < 1.29 is 9.47 Å². The van der Waals surface area contributed by atoms with Crippen LogP contribution in [0.4, 0.5) is 0 Å². The maximum atomic E-state index is 5.89. The molecule has 21 heavy (non-hydrogen) atoms. The molecule has 4 heteroatoms. The number of ether oxygens (including phenoxy) is 2. The summed E-state index contributed by atoms with van der Waals surface area (Å²) in [5.74, 6) is 0.703. The van der Waals surface area contributed by atoms with Crippen LogP contribution in [0.3, 0.4) is 0 Å². The molecule has 1 unspecified atom stereocenters. The Morgan fingerprint density at radius 1 is 1.19 bits per heavy atom. The molecule has 0 aromatic carbocycles. The Morgan fingerprint density at radius 3 is 2.57 bits per heavy atom. The molecule has 120 valence electrons. The van der Waals surface area contributed by atoms with E-state index in [0.717, 1.165) is 25.1 Å². The van der Waals surface area contributed by atoms with Crippen molar-refractivity contribution in [3.8, 4) is 5.88 Å². The summed E-state index contributed by atoms with van der Waals surface area (Å²) in [5, 5.41) is 3.44. The molecule has 0 saturated carbocycles. The molecule has 0 aliphatic heterocycles. The van der Waals surface area contributed by atoms with Gasteiger partial charge in [0.2, 0.25) is 5.88 Å². The Kier molecular flexibility index (Phi) is 8.31. The van der Waals surface area contributed by atoms with Crippen molar-refractivity contribution in [3.63, 3.8) is 0 Å². The van der Waals surface area contributed by atoms with Crippen LogP contribution < -0.4 is 10.1 Å². The normalized spacial score (nSPS) is 12.7. The van der Waals surface area contributed by atoms with E-state index in [1.54, 1.807) is 0 Å². The van der Waals surface area contributed by atoms with E-state index in [1.807, 2.05) is 19.9 Å². The monoisotopic (exact) mass is 294 g/mol. The first-order chi connectivity index (χ1) is 10.0. The quantitative estimate of drug-likeness (QED) is 0.719. The molecular formula is C17H30N2O2. The van der Waals surface area contributed by atoms with Crippen molar-refractivity contribution in [1.29, 1.82) is 0 Å². The van der Waals surface area contributed by atoms with Crippen molar-refractivity contribution in [2.75, 3.05) is 13.2 Å². The Hall–Kier alpha value is -1.13. The number of nitrogens with zero attached hydrogens (tertiary/aromatic N) is 1. The Labute approximate surface area is 129 Å². The van der Waals surface area contributed by atoms with Gasteiger partial charge in [0.1, 0.15) is 6.10 Å². The summed E-state index contributed by atoms with van der Waals surface area (Å²) in [6.45, 7) is 12.6. The van der Waals surface area contributed by atoms with Crippen LogP contribution in [-0.4, -0.2) is 30.3 Å². The molecule has 0 spiro atoms. The molecule has 4 nitrogen and oxygen atoms in total. The second-order valence-electron chi connectivity index (χ2n) is 5.68. The summed E-state index contributed by atoms with van der Waals surface area (Å²) in [5.41, 5.74) is 2.32. The number of pyridine rings is 1. The summed E-state index contributed by atoms with van der Waals surface area (Å²) in [6, 6.07) is 4.66. The minimum absolute atomic E-state index is 0.0141. The highest BCUT2D eigenvalue weighted by Gasteiger charge is 2.08. The lowest BCUT2D eigenvalue weighted by Crippen LogP contribution is -2.23. The van der Waals surface area contributed by atoms with Crippen LogP contribution >= 0.6 is 0 Å². The first-order valence-electron chi connectivity index (χ1n) is 8.02. The van der Waals surface area contributed by atoms with Crippen LogP contribution in [0.25, 0.3) is 0 Å². The third-order valence-electron chi connectivity index (χ3n) is 3.01. The van der Waals surface area contributed by atoms with Gasteiger partial charge in [0.05, 0.1) is 6.61 Å². The summed E-state index contributed by atoms with van der Waals surface area (Å²) >= 11 is 0. The smallest absolute Gasteiger partial charge is 0.214 e. The zero-order chi connectivity index (χ0) is 15.7. The van der Waals surface area contributed by atoms with Gasteiger partial charge in [-0.3, -0.25) is 0 Å². The second-order valence-corrected chi connectivity index (χ2v) is 5.68. The largest absolute Gasteiger partial charge is 0.472 e. The molecular weight excluding hydrogens is 264 g/mol. The number of aromatic nitrogens is 1. The maximum Gasteiger partial charge on any atom is 0.214 e. The van der Waals surface area contributed by atoms with Crippen molar-refractivity contribution in [2.24, 2.45) is 0 Å². The number of nitrogens with one attached hydrogen (secondary N) is 1. The van der Waals surface area contributed by atoms with Crippen molar-refractivity contribution in [2.45, 2.75) is 66.2 Å². The third-order valence-corrected chi connectivity index (χ3v) is 3.01. The number of rotatable bonds is 10. The zero-order valence-corrected chi connectivity index (χ0v) is 14.1. The Balaban J connectivity index is 2.75. The highest BCUT2D eigenvalue weighted by Crippen LogP contribution is 2.16. The van der Waals surface area contributed by atoms with Gasteiger partial charge in [-0.05, 0) is 31.9 Å². The van der Waals surface area contributed by atoms with Gasteiger partial charge in [-0.2, -0.15) is 0 Å². The second kappa shape index (κ2) is 9.74. The van der Waals surface area contributed by atoms with E-state index in [9.17, 15) is 0 Å². The van der Waals surface area contributed by atoms with E-state index < -0.39 is 0 Å². The molecule has 1 heterocycles. The third kappa shape index (κ3) is 7.44. The van der Waals surface area contributed by atoms with E-state index >= 15 is 0 Å². The number of aryl methyl sites for hydroxylation is 1. The highest BCUT2D eigenvalue weighted by atomic mass is 16.5. The van der Waals surface area contributed by atoms with Gasteiger partial charge in [0.15, 0.2) is 0 Å². The standard InChI is InChI=1S/C17H30N2O2/c1-6-8-16-9-15(11-18-13(3)4)10-17(19-16)21-14(5)12-20-7-2/h9-10,13-14,18H,6-8,11-12H2,1-5H3. The predicted molar refractivity (Wildman–Crippen MR) is 86.8 cm³/mol. The lowest BCUT2D eigenvalue weighted by atomic mass is 10.1. The van der Waals surface area contributed by atoms with Crippen LogP contribution in [-0.2, 0) is 17.7 Å². The van der Waals surface area contributed by atoms with Crippen LogP contribution in [0.5, 0.6) is 5.88 Å². The van der Waals surface area contributed by atoms with Gasteiger partial charge >= 0.3 is 0 Å². The maximum absolute atomic E-state index is 5.89. The molecule has 0 radical (unpaired) electrons. The first-order valence-corrected chi connectivity index (χ1v) is 8.02. The Bertz CT molecular complexity index is 408. The molecule has 1 aromatic rings. The fourth-order valence-corrected chi connectivity index (χ4v) is 2.01. The molecule has 0 amide bonds. The van der Waals surface area contributed by atoms with E-state index in [4.69, 9.17) is 9.47 Å². The molecule has 0 aliphatic rings. The van der Waals surface area contributed by atoms with E-state index in [0.29, 0.717) is 25.1 Å². The lowest BCUT2D eigenvalue weighted by Gasteiger charge is -2.16. The van der Waals surface area contributed by atoms with Gasteiger partial charge < -0.3 is 14.8 Å². The average Bonchev–Trinajstić information content (AvgIpc) is 2.43. The van der Waals surface area contributed by atoms with Gasteiger partial charge in [-0.25, -0.2) is 4.98 Å². The van der Waals surface area contributed by atoms with Gasteiger partial charge in [0, 0.05) is 31.0 Å². The van der Waals surface area contributed by atoms with Crippen molar-refractivity contribution in [1.82, 2.24) is 10.3 Å².